The average molecular weight is 257 g/mol. The van der Waals surface area contributed by atoms with Crippen LogP contribution in [0.2, 0.25) is 0 Å². The molecule has 0 bridgehead atoms. The largest absolute Gasteiger partial charge is 0.398 e. The Labute approximate surface area is 113 Å². The molecule has 2 aromatic rings. The molecule has 2 unspecified atom stereocenters. The topological polar surface area (TPSA) is 51.4 Å². The van der Waals surface area contributed by atoms with Crippen LogP contribution in [0.4, 0.5) is 11.4 Å². The van der Waals surface area contributed by atoms with Crippen LogP contribution in [-0.4, -0.2) is 30.3 Å². The zero-order chi connectivity index (χ0) is 13.4. The highest BCUT2D eigenvalue weighted by Crippen LogP contribution is 2.32. The van der Waals surface area contributed by atoms with Gasteiger partial charge in [0.1, 0.15) is 0 Å². The minimum absolute atomic E-state index is 0.250. The van der Waals surface area contributed by atoms with E-state index in [9.17, 15) is 0 Å². The molecule has 19 heavy (non-hydrogen) atoms. The second kappa shape index (κ2) is 4.70. The fraction of sp³-hybridized carbons (Fsp3) is 0.400. The van der Waals surface area contributed by atoms with Gasteiger partial charge in [0.15, 0.2) is 0 Å². The number of morpholine rings is 1. The van der Waals surface area contributed by atoms with E-state index >= 15 is 0 Å². The van der Waals surface area contributed by atoms with Crippen LogP contribution < -0.4 is 10.6 Å². The maximum atomic E-state index is 6.05. The first-order valence-electron chi connectivity index (χ1n) is 6.67. The number of rotatable bonds is 1. The molecule has 2 N–H and O–H groups in total. The number of nitrogens with two attached hydrogens (primary N) is 1. The van der Waals surface area contributed by atoms with Crippen molar-refractivity contribution in [1.29, 1.82) is 0 Å². The lowest BCUT2D eigenvalue weighted by atomic mass is 10.1. The molecule has 4 nitrogen and oxygen atoms in total. The molecule has 0 aliphatic carbocycles. The molecule has 100 valence electrons. The summed E-state index contributed by atoms with van der Waals surface area (Å²) in [5.41, 5.74) is 8.04. The van der Waals surface area contributed by atoms with E-state index in [1.54, 1.807) is 6.20 Å². The molecular formula is C15H19N3O. The Morgan fingerprint density at radius 1 is 1.26 bits per heavy atom. The van der Waals surface area contributed by atoms with Crippen LogP contribution >= 0.6 is 0 Å². The predicted octanol–water partition coefficient (Wildman–Crippen LogP) is 2.43. The van der Waals surface area contributed by atoms with Gasteiger partial charge in [0.05, 0.1) is 12.7 Å². The van der Waals surface area contributed by atoms with Crippen LogP contribution in [0, 0.1) is 0 Å². The highest BCUT2D eigenvalue weighted by molar-refractivity contribution is 6.00. The maximum Gasteiger partial charge on any atom is 0.0723 e. The summed E-state index contributed by atoms with van der Waals surface area (Å²) < 4.78 is 5.70. The van der Waals surface area contributed by atoms with Crippen molar-refractivity contribution in [3.8, 4) is 0 Å². The molecule has 1 saturated heterocycles. The molecule has 3 rings (SSSR count). The van der Waals surface area contributed by atoms with Gasteiger partial charge in [0.2, 0.25) is 0 Å². The first-order chi connectivity index (χ1) is 9.16. The molecule has 0 amide bonds. The molecule has 1 aromatic carbocycles. The normalized spacial score (nSPS) is 23.8. The van der Waals surface area contributed by atoms with E-state index in [1.165, 1.54) is 5.69 Å². The minimum atomic E-state index is 0.250. The van der Waals surface area contributed by atoms with Crippen LogP contribution in [-0.2, 0) is 4.74 Å². The van der Waals surface area contributed by atoms with Crippen LogP contribution in [0.25, 0.3) is 10.8 Å². The number of anilines is 2. The Morgan fingerprint density at radius 2 is 2.11 bits per heavy atom. The molecule has 2 heterocycles. The molecular weight excluding hydrogens is 238 g/mol. The van der Waals surface area contributed by atoms with Gasteiger partial charge in [-0.05, 0) is 32.0 Å². The summed E-state index contributed by atoms with van der Waals surface area (Å²) >= 11 is 0. The number of hydrogen-bond acceptors (Lipinski definition) is 4. The van der Waals surface area contributed by atoms with Crippen molar-refractivity contribution in [3.05, 3.63) is 30.6 Å². The van der Waals surface area contributed by atoms with Gasteiger partial charge in [-0.15, -0.1) is 0 Å². The molecule has 1 aliphatic heterocycles. The number of pyridine rings is 1. The first kappa shape index (κ1) is 12.2. The second-order valence-corrected chi connectivity index (χ2v) is 5.24. The Balaban J connectivity index is 2.12. The van der Waals surface area contributed by atoms with Crippen molar-refractivity contribution in [1.82, 2.24) is 4.98 Å². The van der Waals surface area contributed by atoms with Crippen LogP contribution in [0.1, 0.15) is 13.8 Å². The lowest BCUT2D eigenvalue weighted by Crippen LogP contribution is -2.47. The number of benzene rings is 1. The highest BCUT2D eigenvalue weighted by atomic mass is 16.5. The highest BCUT2D eigenvalue weighted by Gasteiger charge is 2.25. The van der Waals surface area contributed by atoms with Crippen molar-refractivity contribution in [3.63, 3.8) is 0 Å². The molecule has 2 atom stereocenters. The van der Waals surface area contributed by atoms with Crippen molar-refractivity contribution >= 4 is 22.1 Å². The fourth-order valence-corrected chi connectivity index (χ4v) is 2.69. The zero-order valence-electron chi connectivity index (χ0n) is 11.3. The Morgan fingerprint density at radius 3 is 2.95 bits per heavy atom. The minimum Gasteiger partial charge on any atom is -0.398 e. The van der Waals surface area contributed by atoms with Gasteiger partial charge in [-0.2, -0.15) is 0 Å². The van der Waals surface area contributed by atoms with E-state index in [4.69, 9.17) is 10.5 Å². The van der Waals surface area contributed by atoms with Gasteiger partial charge in [-0.25, -0.2) is 0 Å². The summed E-state index contributed by atoms with van der Waals surface area (Å²) in [6, 6.07) is 6.41. The third-order valence-electron chi connectivity index (χ3n) is 3.75. The van der Waals surface area contributed by atoms with E-state index in [0.717, 1.165) is 29.6 Å². The zero-order valence-corrected chi connectivity index (χ0v) is 11.3. The SMILES string of the molecule is CC1CN(c2ccc(N)c3ccncc23)C(C)CO1. The molecule has 0 spiro atoms. The Hall–Kier alpha value is -1.81. The van der Waals surface area contributed by atoms with Gasteiger partial charge >= 0.3 is 0 Å². The summed E-state index contributed by atoms with van der Waals surface area (Å²) in [5.74, 6) is 0. The van der Waals surface area contributed by atoms with E-state index in [2.05, 4.69) is 29.8 Å². The molecule has 1 fully saturated rings. The smallest absolute Gasteiger partial charge is 0.0723 e. The number of aromatic nitrogens is 1. The molecule has 1 aliphatic rings. The number of nitrogen functional groups attached to an aromatic ring is 1. The monoisotopic (exact) mass is 257 g/mol. The van der Waals surface area contributed by atoms with Crippen molar-refractivity contribution in [2.45, 2.75) is 26.0 Å². The third-order valence-corrected chi connectivity index (χ3v) is 3.75. The van der Waals surface area contributed by atoms with Crippen molar-refractivity contribution < 1.29 is 4.74 Å². The second-order valence-electron chi connectivity index (χ2n) is 5.24. The number of fused-ring (bicyclic) bond motifs is 1. The van der Waals surface area contributed by atoms with E-state index in [-0.39, 0.29) is 6.10 Å². The summed E-state index contributed by atoms with van der Waals surface area (Å²) in [5, 5.41) is 2.18. The molecule has 1 aromatic heterocycles. The van der Waals surface area contributed by atoms with Gasteiger partial charge in [-0.1, -0.05) is 0 Å². The molecule has 0 saturated carbocycles. The van der Waals surface area contributed by atoms with Gasteiger partial charge < -0.3 is 15.4 Å². The van der Waals surface area contributed by atoms with Gasteiger partial charge in [-0.3, -0.25) is 4.98 Å². The number of hydrogen-bond donors (Lipinski definition) is 1. The summed E-state index contributed by atoms with van der Waals surface area (Å²) in [7, 11) is 0. The Kier molecular flexibility index (Phi) is 3.03. The van der Waals surface area contributed by atoms with Crippen LogP contribution in [0.5, 0.6) is 0 Å². The number of nitrogens with zero attached hydrogens (tertiary/aromatic N) is 2. The summed E-state index contributed by atoms with van der Waals surface area (Å²) in [6.07, 6.45) is 3.93. The summed E-state index contributed by atoms with van der Waals surface area (Å²) in [6.45, 7) is 5.95. The lowest BCUT2D eigenvalue weighted by molar-refractivity contribution is 0.0345. The lowest BCUT2D eigenvalue weighted by Gasteiger charge is -2.39. The van der Waals surface area contributed by atoms with E-state index < -0.39 is 0 Å². The summed E-state index contributed by atoms with van der Waals surface area (Å²) in [4.78, 5) is 6.63. The first-order valence-corrected chi connectivity index (χ1v) is 6.67. The average Bonchev–Trinajstić information content (AvgIpc) is 2.43. The number of ether oxygens (including phenoxy) is 1. The van der Waals surface area contributed by atoms with E-state index in [1.807, 2.05) is 18.3 Å². The molecule has 4 heteroatoms. The molecule has 0 radical (unpaired) electrons. The van der Waals surface area contributed by atoms with Gasteiger partial charge in [0, 0.05) is 47.1 Å². The third kappa shape index (κ3) is 2.12. The van der Waals surface area contributed by atoms with Crippen molar-refractivity contribution in [2.24, 2.45) is 0 Å². The van der Waals surface area contributed by atoms with Crippen LogP contribution in [0.15, 0.2) is 30.6 Å². The Bertz CT molecular complexity index is 599. The maximum absolute atomic E-state index is 6.05. The van der Waals surface area contributed by atoms with Gasteiger partial charge in [0.25, 0.3) is 0 Å². The van der Waals surface area contributed by atoms with Crippen LogP contribution in [0.3, 0.4) is 0 Å². The standard InChI is InChI=1S/C15H19N3O/c1-10-9-19-11(2)8-18(10)15-4-3-14(16)12-5-6-17-7-13(12)15/h3-7,10-11H,8-9,16H2,1-2H3. The van der Waals surface area contributed by atoms with E-state index in [0.29, 0.717) is 6.04 Å². The van der Waals surface area contributed by atoms with Crippen molar-refractivity contribution in [2.75, 3.05) is 23.8 Å². The quantitative estimate of drug-likeness (QED) is 0.797. The predicted molar refractivity (Wildman–Crippen MR) is 78.4 cm³/mol. The fourth-order valence-electron chi connectivity index (χ4n) is 2.69.